The molecule has 31 heavy (non-hydrogen) atoms. The summed E-state index contributed by atoms with van der Waals surface area (Å²) in [6, 6.07) is 15.7. The molecule has 6 nitrogen and oxygen atoms in total. The van der Waals surface area contributed by atoms with Gasteiger partial charge in [0.05, 0.1) is 23.7 Å². The van der Waals surface area contributed by atoms with Gasteiger partial charge in [-0.2, -0.15) is 0 Å². The van der Waals surface area contributed by atoms with Gasteiger partial charge in [0.25, 0.3) is 0 Å². The quantitative estimate of drug-likeness (QED) is 0.460. The molecule has 0 radical (unpaired) electrons. The van der Waals surface area contributed by atoms with E-state index in [9.17, 15) is 14.7 Å². The van der Waals surface area contributed by atoms with E-state index >= 15 is 0 Å². The van der Waals surface area contributed by atoms with Gasteiger partial charge in [0, 0.05) is 24.5 Å². The Hall–Kier alpha value is -2.83. The number of hydrogen-bond acceptors (Lipinski definition) is 5. The van der Waals surface area contributed by atoms with E-state index in [1.807, 2.05) is 24.3 Å². The zero-order chi connectivity index (χ0) is 21.8. The van der Waals surface area contributed by atoms with Gasteiger partial charge in [0.2, 0.25) is 5.91 Å². The van der Waals surface area contributed by atoms with Crippen LogP contribution in [-0.4, -0.2) is 35.6 Å². The zero-order valence-corrected chi connectivity index (χ0v) is 17.8. The number of likely N-dealkylation sites (tertiary alicyclic amines) is 1. The Morgan fingerprint density at radius 3 is 2.58 bits per heavy atom. The van der Waals surface area contributed by atoms with Crippen LogP contribution in [0, 0.1) is 0 Å². The molecule has 0 spiro atoms. The van der Waals surface area contributed by atoms with Crippen LogP contribution in [0.5, 0.6) is 5.75 Å². The molecular weight excluding hydrogens is 418 g/mol. The molecule has 1 fully saturated rings. The second-order valence-corrected chi connectivity index (χ2v) is 8.23. The summed E-state index contributed by atoms with van der Waals surface area (Å²) >= 11 is 5.93. The van der Waals surface area contributed by atoms with Crippen molar-refractivity contribution in [1.82, 2.24) is 4.90 Å². The fourth-order valence-corrected chi connectivity index (χ4v) is 4.07. The fraction of sp³-hybridized carbons (Fsp3) is 0.333. The number of rotatable bonds is 6. The molecule has 0 unspecified atom stereocenters. The largest absolute Gasteiger partial charge is 0.493 e. The third kappa shape index (κ3) is 4.92. The summed E-state index contributed by atoms with van der Waals surface area (Å²) < 4.78 is 10.9. The molecule has 0 saturated carbocycles. The standard InChI is InChI=1S/C24H24ClNO5/c25-18-9-7-17(8-10-18)24(29)11-13-26(14-12-24)22(27)6-3-15-30-21-16-23(28)31-20-5-2-1-4-19(20)21/h1-2,4-5,7-10,16,29H,3,6,11-15H2. The maximum Gasteiger partial charge on any atom is 0.339 e. The maximum atomic E-state index is 12.6. The van der Waals surface area contributed by atoms with Crippen molar-refractivity contribution < 1.29 is 19.1 Å². The highest BCUT2D eigenvalue weighted by molar-refractivity contribution is 6.30. The molecule has 1 amide bonds. The number of piperidine rings is 1. The van der Waals surface area contributed by atoms with Crippen LogP contribution in [0.1, 0.15) is 31.2 Å². The number of hydrogen-bond donors (Lipinski definition) is 1. The van der Waals surface area contributed by atoms with E-state index in [-0.39, 0.29) is 5.91 Å². The third-order valence-electron chi connectivity index (χ3n) is 5.73. The van der Waals surface area contributed by atoms with E-state index in [2.05, 4.69) is 0 Å². The number of benzene rings is 2. The highest BCUT2D eigenvalue weighted by Crippen LogP contribution is 2.33. The first-order chi connectivity index (χ1) is 14.9. The monoisotopic (exact) mass is 441 g/mol. The number of para-hydroxylation sites is 1. The van der Waals surface area contributed by atoms with E-state index in [4.69, 9.17) is 20.8 Å². The molecule has 1 aromatic heterocycles. The second-order valence-electron chi connectivity index (χ2n) is 7.80. The molecule has 0 bridgehead atoms. The smallest absolute Gasteiger partial charge is 0.339 e. The number of carbonyl (C=O) groups is 1. The first kappa shape index (κ1) is 21.4. The molecule has 0 aliphatic carbocycles. The fourth-order valence-electron chi connectivity index (χ4n) is 3.94. The zero-order valence-electron chi connectivity index (χ0n) is 17.1. The average Bonchev–Trinajstić information content (AvgIpc) is 2.77. The van der Waals surface area contributed by atoms with Crippen molar-refractivity contribution in [3.8, 4) is 5.75 Å². The summed E-state index contributed by atoms with van der Waals surface area (Å²) in [6.07, 6.45) is 1.86. The molecule has 0 atom stereocenters. The highest BCUT2D eigenvalue weighted by Gasteiger charge is 2.35. The lowest BCUT2D eigenvalue weighted by Gasteiger charge is -2.38. The third-order valence-corrected chi connectivity index (χ3v) is 5.98. The van der Waals surface area contributed by atoms with E-state index in [0.717, 1.165) is 10.9 Å². The molecule has 4 rings (SSSR count). The predicted octanol–water partition coefficient (Wildman–Crippen LogP) is 4.12. The van der Waals surface area contributed by atoms with Crippen molar-refractivity contribution in [2.45, 2.75) is 31.3 Å². The van der Waals surface area contributed by atoms with Crippen molar-refractivity contribution in [1.29, 1.82) is 0 Å². The van der Waals surface area contributed by atoms with Gasteiger partial charge in [-0.15, -0.1) is 0 Å². The van der Waals surface area contributed by atoms with Crippen LogP contribution in [0.25, 0.3) is 11.0 Å². The van der Waals surface area contributed by atoms with Gasteiger partial charge in [-0.25, -0.2) is 4.79 Å². The topological polar surface area (TPSA) is 80.0 Å². The Morgan fingerprint density at radius 1 is 1.13 bits per heavy atom. The van der Waals surface area contributed by atoms with Gasteiger partial charge in [-0.1, -0.05) is 35.9 Å². The van der Waals surface area contributed by atoms with Crippen LogP contribution < -0.4 is 10.4 Å². The molecule has 3 aromatic rings. The molecule has 162 valence electrons. The van der Waals surface area contributed by atoms with Gasteiger partial charge in [0.15, 0.2) is 0 Å². The molecule has 1 aliphatic rings. The Balaban J connectivity index is 1.27. The molecule has 1 saturated heterocycles. The SMILES string of the molecule is O=C(CCCOc1cc(=O)oc2ccccc12)N1CCC(O)(c2ccc(Cl)cc2)CC1. The molecule has 7 heteroatoms. The Kier molecular flexibility index (Phi) is 6.30. The van der Waals surface area contributed by atoms with Gasteiger partial charge in [0.1, 0.15) is 11.3 Å². The van der Waals surface area contributed by atoms with Gasteiger partial charge < -0.3 is 19.2 Å². The van der Waals surface area contributed by atoms with E-state index in [1.165, 1.54) is 6.07 Å². The first-order valence-electron chi connectivity index (χ1n) is 10.4. The normalized spacial score (nSPS) is 15.7. The van der Waals surface area contributed by atoms with Crippen LogP contribution >= 0.6 is 11.6 Å². The summed E-state index contributed by atoms with van der Waals surface area (Å²) in [6.45, 7) is 1.33. The van der Waals surface area contributed by atoms with Crippen LogP contribution in [0.2, 0.25) is 5.02 Å². The summed E-state index contributed by atoms with van der Waals surface area (Å²) in [7, 11) is 0. The predicted molar refractivity (Wildman–Crippen MR) is 118 cm³/mol. The van der Waals surface area contributed by atoms with Crippen molar-refractivity contribution in [3.05, 3.63) is 75.6 Å². The number of ether oxygens (including phenoxy) is 1. The Bertz CT molecular complexity index is 1120. The average molecular weight is 442 g/mol. The molecule has 1 N–H and O–H groups in total. The number of halogens is 1. The molecule has 2 heterocycles. The minimum atomic E-state index is -0.931. The number of amides is 1. The molecular formula is C24H24ClNO5. The number of carbonyl (C=O) groups excluding carboxylic acids is 1. The molecule has 2 aromatic carbocycles. The van der Waals surface area contributed by atoms with E-state index < -0.39 is 11.2 Å². The second kappa shape index (κ2) is 9.12. The minimum absolute atomic E-state index is 0.0409. The summed E-state index contributed by atoms with van der Waals surface area (Å²) in [5, 5.41) is 12.3. The summed E-state index contributed by atoms with van der Waals surface area (Å²) in [5.74, 6) is 0.504. The lowest BCUT2D eigenvalue weighted by atomic mass is 9.84. The van der Waals surface area contributed by atoms with Crippen LogP contribution in [0.3, 0.4) is 0 Å². The number of nitrogens with zero attached hydrogens (tertiary/aromatic N) is 1. The van der Waals surface area contributed by atoms with E-state index in [0.29, 0.717) is 61.7 Å². The first-order valence-corrected chi connectivity index (χ1v) is 10.7. The van der Waals surface area contributed by atoms with Crippen molar-refractivity contribution in [3.63, 3.8) is 0 Å². The van der Waals surface area contributed by atoms with Gasteiger partial charge in [-0.3, -0.25) is 4.79 Å². The Morgan fingerprint density at radius 2 is 1.84 bits per heavy atom. The summed E-state index contributed by atoms with van der Waals surface area (Å²) in [4.78, 5) is 26.1. The van der Waals surface area contributed by atoms with Gasteiger partial charge >= 0.3 is 5.63 Å². The van der Waals surface area contributed by atoms with Crippen LogP contribution in [0.15, 0.2) is 63.8 Å². The number of aliphatic hydroxyl groups is 1. The van der Waals surface area contributed by atoms with Crippen molar-refractivity contribution in [2.24, 2.45) is 0 Å². The minimum Gasteiger partial charge on any atom is -0.493 e. The van der Waals surface area contributed by atoms with Crippen molar-refractivity contribution >= 4 is 28.5 Å². The van der Waals surface area contributed by atoms with Crippen LogP contribution in [-0.2, 0) is 10.4 Å². The van der Waals surface area contributed by atoms with E-state index in [1.54, 1.807) is 29.2 Å². The maximum absolute atomic E-state index is 12.6. The highest BCUT2D eigenvalue weighted by atomic mass is 35.5. The van der Waals surface area contributed by atoms with Gasteiger partial charge in [-0.05, 0) is 49.1 Å². The lowest BCUT2D eigenvalue weighted by Crippen LogP contribution is -2.45. The lowest BCUT2D eigenvalue weighted by molar-refractivity contribution is -0.136. The molecule has 1 aliphatic heterocycles. The number of fused-ring (bicyclic) bond motifs is 1. The Labute approximate surface area is 185 Å². The van der Waals surface area contributed by atoms with Crippen LogP contribution in [0.4, 0.5) is 0 Å². The van der Waals surface area contributed by atoms with Crippen molar-refractivity contribution in [2.75, 3.05) is 19.7 Å². The summed E-state index contributed by atoms with van der Waals surface area (Å²) in [5.41, 5.74) is -0.0919.